The first-order valence-electron chi connectivity index (χ1n) is 20.2. The number of rotatable bonds is 7. The highest BCUT2D eigenvalue weighted by molar-refractivity contribution is 7.20. The van der Waals surface area contributed by atoms with Crippen LogP contribution in [-0.2, 0) is 11.8 Å². The first kappa shape index (κ1) is 34.8. The minimum atomic E-state index is 0.0105. The lowest BCUT2D eigenvalue weighted by Crippen LogP contribution is -2.20. The molecule has 56 heavy (non-hydrogen) atoms. The zero-order chi connectivity index (χ0) is 38.1. The van der Waals surface area contributed by atoms with Gasteiger partial charge in [-0.2, -0.15) is 0 Å². The molecule has 2 nitrogen and oxygen atoms in total. The highest BCUT2D eigenvalue weighted by Crippen LogP contribution is 2.55. The van der Waals surface area contributed by atoms with Gasteiger partial charge in [0.25, 0.3) is 0 Å². The van der Waals surface area contributed by atoms with Crippen LogP contribution in [0.3, 0.4) is 0 Å². The Balaban J connectivity index is 1.22. The Morgan fingerprint density at radius 3 is 2.36 bits per heavy atom. The molecule has 10 rings (SSSR count). The number of benzene rings is 5. The quantitative estimate of drug-likeness (QED) is 0.162. The molecular weight excluding hydrogens is 699 g/mol. The van der Waals surface area contributed by atoms with Gasteiger partial charge in [-0.1, -0.05) is 118 Å². The van der Waals surface area contributed by atoms with E-state index in [9.17, 15) is 0 Å². The number of hydrogen-bond acceptors (Lipinski definition) is 3. The first-order valence-corrected chi connectivity index (χ1v) is 21.1. The van der Waals surface area contributed by atoms with Crippen LogP contribution in [0.1, 0.15) is 86.3 Å². The molecule has 0 fully saturated rings. The van der Waals surface area contributed by atoms with E-state index in [4.69, 9.17) is 4.42 Å². The molecule has 2 heterocycles. The van der Waals surface area contributed by atoms with Gasteiger partial charge in [-0.15, -0.1) is 11.3 Å². The molecule has 0 radical (unpaired) electrons. The van der Waals surface area contributed by atoms with E-state index in [1.54, 1.807) is 11.1 Å². The van der Waals surface area contributed by atoms with Crippen LogP contribution >= 0.6 is 11.3 Å². The number of thiophene rings is 1. The lowest BCUT2D eigenvalue weighted by molar-refractivity contribution is 0.489. The molecule has 0 N–H and O–H groups in total. The van der Waals surface area contributed by atoms with Crippen LogP contribution in [0.15, 0.2) is 132 Å². The summed E-state index contributed by atoms with van der Waals surface area (Å²) in [4.78, 5) is 3.68. The van der Waals surface area contributed by atoms with E-state index in [2.05, 4.69) is 167 Å². The Labute approximate surface area is 334 Å². The number of para-hydroxylation sites is 2. The van der Waals surface area contributed by atoms with E-state index in [1.807, 2.05) is 17.4 Å². The maximum Gasteiger partial charge on any atom is 0.142 e. The molecule has 0 spiro atoms. The van der Waals surface area contributed by atoms with Gasteiger partial charge in [-0.3, -0.25) is 0 Å². The van der Waals surface area contributed by atoms with Gasteiger partial charge in [0.1, 0.15) is 11.3 Å². The molecule has 0 amide bonds. The standard InChI is InChI=1S/C53H47NOS/c1-6-15-50-37(7-2)43-21-14-22-44(52(43)56-50)45-31-35(25-27-38(45)41-19-13-20-42-40-18-11-12-23-49(40)55-51(41)42)54(34-16-9-8-10-17-34)36-26-28-39-46-30-33(3)24-29-47(46)53(4,5)48(39)32-36/h6-10,12-17,19-23,25-28,31-33H,2,11,18,24,29-30H2,1,3-5H3/b15-6-. The van der Waals surface area contributed by atoms with Crippen molar-refractivity contribution in [3.8, 4) is 22.3 Å². The zero-order valence-corrected chi connectivity index (χ0v) is 33.6. The van der Waals surface area contributed by atoms with Gasteiger partial charge in [0.2, 0.25) is 0 Å². The van der Waals surface area contributed by atoms with Gasteiger partial charge in [0.15, 0.2) is 0 Å². The average molecular weight is 746 g/mol. The number of hydrogen-bond donors (Lipinski definition) is 0. The summed E-state index contributed by atoms with van der Waals surface area (Å²) in [6, 6.07) is 38.6. The Bertz CT molecular complexity index is 2800. The third kappa shape index (κ3) is 5.43. The topological polar surface area (TPSA) is 16.4 Å². The number of nitrogens with zero attached hydrogens (tertiary/aromatic N) is 1. The van der Waals surface area contributed by atoms with Crippen molar-refractivity contribution in [2.24, 2.45) is 5.92 Å². The lowest BCUT2D eigenvalue weighted by Gasteiger charge is -2.30. The van der Waals surface area contributed by atoms with E-state index < -0.39 is 0 Å². The van der Waals surface area contributed by atoms with Crippen molar-refractivity contribution in [2.75, 3.05) is 4.90 Å². The van der Waals surface area contributed by atoms with E-state index in [0.29, 0.717) is 0 Å². The second-order valence-electron chi connectivity index (χ2n) is 16.4. The van der Waals surface area contributed by atoms with Crippen molar-refractivity contribution in [3.05, 3.63) is 160 Å². The van der Waals surface area contributed by atoms with E-state index in [1.165, 1.54) is 78.7 Å². The van der Waals surface area contributed by atoms with E-state index >= 15 is 0 Å². The fourth-order valence-corrected chi connectivity index (χ4v) is 11.2. The summed E-state index contributed by atoms with van der Waals surface area (Å²) in [7, 11) is 0. The maximum absolute atomic E-state index is 6.73. The predicted molar refractivity (Wildman–Crippen MR) is 242 cm³/mol. The highest BCUT2D eigenvalue weighted by Gasteiger charge is 2.40. The lowest BCUT2D eigenvalue weighted by atomic mass is 9.76. The third-order valence-corrected chi connectivity index (χ3v) is 13.9. The summed E-state index contributed by atoms with van der Waals surface area (Å²) in [5.74, 6) is 1.72. The van der Waals surface area contributed by atoms with Gasteiger partial charge in [0.05, 0.1) is 0 Å². The number of furan rings is 1. The van der Waals surface area contributed by atoms with Crippen LogP contribution in [-0.4, -0.2) is 0 Å². The first-order chi connectivity index (χ1) is 27.4. The summed E-state index contributed by atoms with van der Waals surface area (Å²) in [6.45, 7) is 13.6. The molecule has 1 unspecified atom stereocenters. The zero-order valence-electron chi connectivity index (χ0n) is 32.8. The Hall–Kier alpha value is -5.64. The van der Waals surface area contributed by atoms with Gasteiger partial charge in [-0.05, 0) is 127 Å². The molecule has 3 aliphatic rings. The van der Waals surface area contributed by atoms with Gasteiger partial charge in [-0.25, -0.2) is 0 Å². The summed E-state index contributed by atoms with van der Waals surface area (Å²) < 4.78 is 7.99. The van der Waals surface area contributed by atoms with Crippen molar-refractivity contribution in [1.82, 2.24) is 0 Å². The minimum Gasteiger partial charge on any atom is -0.456 e. The smallest absolute Gasteiger partial charge is 0.142 e. The van der Waals surface area contributed by atoms with E-state index in [0.717, 1.165) is 52.6 Å². The normalized spacial score (nSPS) is 17.1. The molecule has 0 saturated carbocycles. The van der Waals surface area contributed by atoms with Gasteiger partial charge < -0.3 is 9.32 Å². The van der Waals surface area contributed by atoms with Crippen LogP contribution in [0, 0.1) is 5.92 Å². The van der Waals surface area contributed by atoms with Crippen LogP contribution in [0.5, 0.6) is 0 Å². The Kier molecular flexibility index (Phi) is 8.41. The largest absolute Gasteiger partial charge is 0.456 e. The maximum atomic E-state index is 6.73. The summed E-state index contributed by atoms with van der Waals surface area (Å²) in [5.41, 5.74) is 17.7. The van der Waals surface area contributed by atoms with Crippen LogP contribution < -0.4 is 4.90 Å². The number of aryl methyl sites for hydroxylation is 1. The molecule has 7 aromatic rings. The number of anilines is 3. The van der Waals surface area contributed by atoms with Gasteiger partial charge >= 0.3 is 0 Å². The number of allylic oxidation sites excluding steroid dienone is 4. The van der Waals surface area contributed by atoms with E-state index in [-0.39, 0.29) is 5.41 Å². The molecular formula is C53H47NOS. The molecule has 3 aliphatic carbocycles. The van der Waals surface area contributed by atoms with Crippen molar-refractivity contribution in [3.63, 3.8) is 0 Å². The fraction of sp³-hybridized carbons (Fsp3) is 0.208. The third-order valence-electron chi connectivity index (χ3n) is 12.7. The van der Waals surface area contributed by atoms with Gasteiger partial charge in [0, 0.05) is 59.5 Å². The SMILES string of the molecule is C=Cc1c(/C=C\C)sc2c(-c3cc(N(c4ccccc4)c4ccc5c(c4)C(C)(C)C4=C5CC(C)CC4)ccc3-c3cccc4c5c(oc34)C=CCC5)cccc12. The second-order valence-corrected chi connectivity index (χ2v) is 17.4. The summed E-state index contributed by atoms with van der Waals surface area (Å²) in [6.07, 6.45) is 16.4. The Morgan fingerprint density at radius 2 is 1.55 bits per heavy atom. The molecule has 5 aromatic carbocycles. The van der Waals surface area contributed by atoms with Crippen molar-refractivity contribution >= 4 is 73.3 Å². The van der Waals surface area contributed by atoms with Crippen molar-refractivity contribution in [1.29, 1.82) is 0 Å². The molecule has 276 valence electrons. The average Bonchev–Trinajstić information content (AvgIpc) is 3.85. The molecule has 3 heteroatoms. The summed E-state index contributed by atoms with van der Waals surface area (Å²) >= 11 is 1.85. The second kappa shape index (κ2) is 13.5. The molecule has 0 saturated heterocycles. The predicted octanol–water partition coefficient (Wildman–Crippen LogP) is 16.0. The minimum absolute atomic E-state index is 0.0105. The van der Waals surface area contributed by atoms with Crippen LogP contribution in [0.4, 0.5) is 17.1 Å². The molecule has 2 aromatic heterocycles. The fourth-order valence-electron chi connectivity index (χ4n) is 9.91. The molecule has 0 bridgehead atoms. The summed E-state index contributed by atoms with van der Waals surface area (Å²) in [5, 5.41) is 2.45. The molecule has 1 atom stereocenters. The highest BCUT2D eigenvalue weighted by atomic mass is 32.1. The Morgan fingerprint density at radius 1 is 0.786 bits per heavy atom. The molecule has 0 aliphatic heterocycles. The van der Waals surface area contributed by atoms with Crippen LogP contribution in [0.2, 0.25) is 0 Å². The van der Waals surface area contributed by atoms with Crippen molar-refractivity contribution in [2.45, 2.75) is 65.2 Å². The van der Waals surface area contributed by atoms with Crippen LogP contribution in [0.25, 0.3) is 67.1 Å². The number of fused-ring (bicyclic) bond motifs is 6. The van der Waals surface area contributed by atoms with Crippen molar-refractivity contribution < 1.29 is 4.42 Å². The monoisotopic (exact) mass is 745 g/mol.